The number of aromatic nitrogens is 2. The van der Waals surface area contributed by atoms with Gasteiger partial charge in [0.25, 0.3) is 0 Å². The molecule has 0 radical (unpaired) electrons. The lowest BCUT2D eigenvalue weighted by Gasteiger charge is -2.12. The Bertz CT molecular complexity index is 660. The molecule has 0 saturated heterocycles. The first-order valence-electron chi connectivity index (χ1n) is 5.75. The van der Waals surface area contributed by atoms with Gasteiger partial charge in [0.05, 0.1) is 16.3 Å². The summed E-state index contributed by atoms with van der Waals surface area (Å²) in [6, 6.07) is 4.54. The number of nitrogen functional groups attached to an aromatic ring is 1. The van der Waals surface area contributed by atoms with Crippen molar-refractivity contribution >= 4 is 29.1 Å². The van der Waals surface area contributed by atoms with Crippen molar-refractivity contribution in [3.63, 3.8) is 0 Å². The molecule has 21 heavy (non-hydrogen) atoms. The Kier molecular flexibility index (Phi) is 4.19. The van der Waals surface area contributed by atoms with Gasteiger partial charge in [-0.1, -0.05) is 11.6 Å². The molecule has 5 nitrogen and oxygen atoms in total. The highest BCUT2D eigenvalue weighted by Gasteiger charge is 2.31. The van der Waals surface area contributed by atoms with Crippen LogP contribution in [0.3, 0.4) is 0 Å². The molecule has 2 rings (SSSR count). The molecule has 0 spiro atoms. The fourth-order valence-electron chi connectivity index (χ4n) is 1.63. The maximum Gasteiger partial charge on any atom is 0.416 e. The number of alkyl halides is 3. The summed E-state index contributed by atoms with van der Waals surface area (Å²) >= 11 is 5.90. The van der Waals surface area contributed by atoms with E-state index in [1.807, 2.05) is 0 Å². The van der Waals surface area contributed by atoms with Crippen molar-refractivity contribution in [1.82, 2.24) is 9.97 Å². The molecular weight excluding hydrogens is 307 g/mol. The maximum atomic E-state index is 12.7. The van der Waals surface area contributed by atoms with Gasteiger partial charge in [-0.2, -0.15) is 18.2 Å². The fourth-order valence-corrected chi connectivity index (χ4v) is 1.80. The van der Waals surface area contributed by atoms with E-state index in [1.165, 1.54) is 6.07 Å². The van der Waals surface area contributed by atoms with E-state index in [-0.39, 0.29) is 22.5 Å². The lowest BCUT2D eigenvalue weighted by atomic mass is 10.2. The molecule has 112 valence electrons. The summed E-state index contributed by atoms with van der Waals surface area (Å²) < 4.78 is 38.1. The molecule has 0 bridgehead atoms. The highest BCUT2D eigenvalue weighted by molar-refractivity contribution is 6.33. The van der Waals surface area contributed by atoms with Crippen molar-refractivity contribution in [2.45, 2.75) is 13.1 Å². The number of halogens is 4. The van der Waals surface area contributed by atoms with Crippen LogP contribution in [0.15, 0.2) is 24.3 Å². The topological polar surface area (TPSA) is 75.9 Å². The number of aryl methyl sites for hydroxylation is 1. The van der Waals surface area contributed by atoms with Crippen molar-refractivity contribution in [1.29, 1.82) is 0 Å². The highest BCUT2D eigenvalue weighted by Crippen LogP contribution is 2.34. The van der Waals surface area contributed by atoms with Crippen molar-refractivity contribution in [2.75, 3.05) is 10.7 Å². The molecular formula is C12H11ClF3N5. The van der Waals surface area contributed by atoms with Gasteiger partial charge in [-0.05, 0) is 25.1 Å². The molecule has 0 aliphatic heterocycles. The van der Waals surface area contributed by atoms with Crippen molar-refractivity contribution in [3.8, 4) is 0 Å². The van der Waals surface area contributed by atoms with Crippen LogP contribution in [0.25, 0.3) is 0 Å². The van der Waals surface area contributed by atoms with E-state index in [4.69, 9.17) is 17.4 Å². The van der Waals surface area contributed by atoms with Crippen molar-refractivity contribution in [3.05, 3.63) is 40.5 Å². The van der Waals surface area contributed by atoms with Crippen molar-refractivity contribution < 1.29 is 13.2 Å². The average Bonchev–Trinajstić information content (AvgIpc) is 2.39. The van der Waals surface area contributed by atoms with Gasteiger partial charge in [-0.3, -0.25) is 5.43 Å². The minimum Gasteiger partial charge on any atom is -0.339 e. The summed E-state index contributed by atoms with van der Waals surface area (Å²) in [5.41, 5.74) is 2.14. The summed E-state index contributed by atoms with van der Waals surface area (Å²) in [6.45, 7) is 1.70. The van der Waals surface area contributed by atoms with Crippen LogP contribution in [0.2, 0.25) is 5.02 Å². The smallest absolute Gasteiger partial charge is 0.339 e. The molecule has 1 heterocycles. The van der Waals surface area contributed by atoms with Crippen molar-refractivity contribution in [2.24, 2.45) is 5.84 Å². The van der Waals surface area contributed by atoms with Crippen LogP contribution in [0.5, 0.6) is 0 Å². The van der Waals surface area contributed by atoms with Gasteiger partial charge >= 0.3 is 6.18 Å². The zero-order valence-corrected chi connectivity index (χ0v) is 11.5. The molecule has 0 amide bonds. The number of benzene rings is 1. The van der Waals surface area contributed by atoms with Gasteiger partial charge < -0.3 is 5.32 Å². The Labute approximate surface area is 123 Å². The summed E-state index contributed by atoms with van der Waals surface area (Å²) in [4.78, 5) is 7.96. The van der Waals surface area contributed by atoms with Gasteiger partial charge in [-0.25, -0.2) is 10.8 Å². The highest BCUT2D eigenvalue weighted by atomic mass is 35.5. The third-order valence-corrected chi connectivity index (χ3v) is 2.87. The van der Waals surface area contributed by atoms with Gasteiger partial charge in [0.2, 0.25) is 5.95 Å². The number of hydrogen-bond acceptors (Lipinski definition) is 5. The zero-order valence-electron chi connectivity index (χ0n) is 10.8. The second-order valence-electron chi connectivity index (χ2n) is 4.18. The summed E-state index contributed by atoms with van der Waals surface area (Å²) in [6.07, 6.45) is -4.45. The van der Waals surface area contributed by atoms with E-state index < -0.39 is 11.7 Å². The summed E-state index contributed by atoms with van der Waals surface area (Å²) in [5, 5.41) is 2.86. The predicted octanol–water partition coefficient (Wildman–Crippen LogP) is 3.49. The number of nitrogens with one attached hydrogen (secondary N) is 2. The van der Waals surface area contributed by atoms with Gasteiger partial charge in [-0.15, -0.1) is 0 Å². The summed E-state index contributed by atoms with van der Waals surface area (Å²) in [5.74, 6) is 5.63. The lowest BCUT2D eigenvalue weighted by Crippen LogP contribution is -2.12. The Morgan fingerprint density at radius 2 is 1.90 bits per heavy atom. The average molecular weight is 318 g/mol. The van der Waals surface area contributed by atoms with E-state index in [0.29, 0.717) is 5.69 Å². The van der Waals surface area contributed by atoms with Crippen LogP contribution in [-0.4, -0.2) is 9.97 Å². The third-order valence-electron chi connectivity index (χ3n) is 2.54. The summed E-state index contributed by atoms with van der Waals surface area (Å²) in [7, 11) is 0. The minimum atomic E-state index is -4.45. The minimum absolute atomic E-state index is 0.0903. The number of anilines is 3. The van der Waals surface area contributed by atoms with Crippen LogP contribution < -0.4 is 16.6 Å². The largest absolute Gasteiger partial charge is 0.416 e. The standard InChI is InChI=1S/C12H11ClF3N5/c1-6-4-10(20-11(18-6)21-17)19-9-5-7(12(14,15)16)2-3-8(9)13/h2-5H,17H2,1H3,(H2,18,19,20,21). The second-order valence-corrected chi connectivity index (χ2v) is 4.59. The zero-order chi connectivity index (χ0) is 15.6. The first-order chi connectivity index (χ1) is 9.79. The first-order valence-corrected chi connectivity index (χ1v) is 6.13. The molecule has 0 atom stereocenters. The van der Waals surface area contributed by atoms with E-state index in [2.05, 4.69) is 20.7 Å². The predicted molar refractivity (Wildman–Crippen MR) is 74.3 cm³/mol. The van der Waals surface area contributed by atoms with Crippen LogP contribution in [0, 0.1) is 6.92 Å². The molecule has 9 heteroatoms. The number of hydrogen-bond donors (Lipinski definition) is 3. The quantitative estimate of drug-likeness (QED) is 0.597. The monoisotopic (exact) mass is 317 g/mol. The fraction of sp³-hybridized carbons (Fsp3) is 0.167. The molecule has 0 unspecified atom stereocenters. The second kappa shape index (κ2) is 5.74. The van der Waals surface area contributed by atoms with Gasteiger partial charge in [0.15, 0.2) is 0 Å². The first kappa shape index (κ1) is 15.3. The Morgan fingerprint density at radius 1 is 1.19 bits per heavy atom. The number of hydrazine groups is 1. The number of nitrogens with zero attached hydrogens (tertiary/aromatic N) is 2. The molecule has 4 N–H and O–H groups in total. The molecule has 1 aromatic carbocycles. The van der Waals surface area contributed by atoms with Crippen LogP contribution in [0.1, 0.15) is 11.3 Å². The molecule has 0 aliphatic carbocycles. The van der Waals surface area contributed by atoms with E-state index >= 15 is 0 Å². The molecule has 0 saturated carbocycles. The van der Waals surface area contributed by atoms with Crippen LogP contribution in [-0.2, 0) is 6.18 Å². The molecule has 0 fully saturated rings. The molecule has 0 aliphatic rings. The van der Waals surface area contributed by atoms with Crippen LogP contribution >= 0.6 is 11.6 Å². The maximum absolute atomic E-state index is 12.7. The van der Waals surface area contributed by atoms with E-state index in [1.54, 1.807) is 13.0 Å². The number of nitrogens with two attached hydrogens (primary N) is 1. The lowest BCUT2D eigenvalue weighted by molar-refractivity contribution is -0.137. The molecule has 2 aromatic rings. The van der Waals surface area contributed by atoms with Gasteiger partial charge in [0, 0.05) is 11.8 Å². The number of rotatable bonds is 3. The Hall–Kier alpha value is -2.06. The Morgan fingerprint density at radius 3 is 2.52 bits per heavy atom. The third kappa shape index (κ3) is 3.73. The van der Waals surface area contributed by atoms with E-state index in [0.717, 1.165) is 12.1 Å². The van der Waals surface area contributed by atoms with E-state index in [9.17, 15) is 13.2 Å². The molecule has 1 aromatic heterocycles. The normalized spacial score (nSPS) is 11.3. The Balaban J connectivity index is 2.37. The van der Waals surface area contributed by atoms with Crippen LogP contribution in [0.4, 0.5) is 30.6 Å². The van der Waals surface area contributed by atoms with Gasteiger partial charge in [0.1, 0.15) is 5.82 Å². The SMILES string of the molecule is Cc1cc(Nc2cc(C(F)(F)F)ccc2Cl)nc(NN)n1.